The molecule has 8 heteroatoms. The first-order valence-electron chi connectivity index (χ1n) is 4.68. The average molecular weight is 272 g/mol. The van der Waals surface area contributed by atoms with Crippen molar-refractivity contribution in [2.24, 2.45) is 0 Å². The third-order valence-electron chi connectivity index (χ3n) is 2.09. The third-order valence-corrected chi connectivity index (χ3v) is 2.32. The predicted octanol–water partition coefficient (Wildman–Crippen LogP) is 1.59. The minimum Gasteiger partial charge on any atom is -0.504 e. The molecule has 2 rings (SSSR count). The molecule has 0 amide bonds. The maximum atomic E-state index is 10.2. The van der Waals surface area contributed by atoms with Gasteiger partial charge in [0.1, 0.15) is 0 Å². The van der Waals surface area contributed by atoms with Crippen molar-refractivity contribution in [3.63, 3.8) is 0 Å². The van der Waals surface area contributed by atoms with Crippen molar-refractivity contribution in [2.75, 3.05) is 0 Å². The molecule has 0 saturated carbocycles. The molecule has 0 radical (unpaired) electrons. The van der Waals surface area contributed by atoms with Crippen molar-refractivity contribution in [1.29, 1.82) is 0 Å². The van der Waals surface area contributed by atoms with Gasteiger partial charge in [-0.3, -0.25) is 4.55 Å². The van der Waals surface area contributed by atoms with Gasteiger partial charge in [0.25, 0.3) is 0 Å². The molecule has 0 aliphatic rings. The van der Waals surface area contributed by atoms with Crippen LogP contribution in [0.2, 0.25) is 0 Å². The Labute approximate surface area is 102 Å². The van der Waals surface area contributed by atoms with Crippen LogP contribution in [0.15, 0.2) is 36.4 Å². The highest BCUT2D eigenvalue weighted by Crippen LogP contribution is 2.34. The van der Waals surface area contributed by atoms with Crippen LogP contribution in [0.4, 0.5) is 0 Å². The molecule has 0 saturated heterocycles. The second-order valence-corrected chi connectivity index (χ2v) is 4.27. The summed E-state index contributed by atoms with van der Waals surface area (Å²) >= 11 is 0. The first-order valence-corrected chi connectivity index (χ1v) is 6.05. The number of phenolic OH excluding ortho intramolecular Hbond substituents is 1. The quantitative estimate of drug-likeness (QED) is 0.495. The van der Waals surface area contributed by atoms with E-state index in [0.29, 0.717) is 5.39 Å². The number of rotatable bonds is 4. The van der Waals surface area contributed by atoms with Crippen LogP contribution >= 0.6 is 0 Å². The number of benzene rings is 2. The van der Waals surface area contributed by atoms with Crippen molar-refractivity contribution in [1.82, 2.24) is 0 Å². The zero-order valence-corrected chi connectivity index (χ0v) is 9.62. The molecule has 0 heterocycles. The monoisotopic (exact) mass is 272 g/mol. The first kappa shape index (κ1) is 12.6. The van der Waals surface area contributed by atoms with E-state index in [4.69, 9.17) is 4.55 Å². The van der Waals surface area contributed by atoms with E-state index in [9.17, 15) is 13.5 Å². The second-order valence-electron chi connectivity index (χ2n) is 3.28. The summed E-state index contributed by atoms with van der Waals surface area (Å²) in [7, 11) is -4.79. The molecule has 0 spiro atoms. The number of aromatic hydroxyl groups is 1. The Morgan fingerprint density at radius 1 is 1.06 bits per heavy atom. The summed E-state index contributed by atoms with van der Waals surface area (Å²) in [6.07, 6.45) is 0. The summed E-state index contributed by atoms with van der Waals surface area (Å²) in [5.41, 5.74) is 0. The largest absolute Gasteiger partial charge is 0.504 e. The Balaban J connectivity index is 2.29. The van der Waals surface area contributed by atoms with E-state index in [0.717, 1.165) is 5.39 Å². The molecule has 18 heavy (non-hydrogen) atoms. The number of hydrogen-bond donors (Lipinski definition) is 2. The highest BCUT2D eigenvalue weighted by atomic mass is 32.3. The fraction of sp³-hybridized carbons (Fsp3) is 0. The summed E-state index contributed by atoms with van der Waals surface area (Å²) in [5, 5.41) is 14.7. The van der Waals surface area contributed by atoms with Gasteiger partial charge in [0.05, 0.1) is 0 Å². The molecular weight excluding hydrogens is 264 g/mol. The highest BCUT2D eigenvalue weighted by molar-refractivity contribution is 7.80. The zero-order chi connectivity index (χ0) is 13.2. The molecule has 0 atom stereocenters. The van der Waals surface area contributed by atoms with Gasteiger partial charge in [0.15, 0.2) is 5.75 Å². The molecule has 96 valence electrons. The van der Waals surface area contributed by atoms with E-state index in [1.165, 1.54) is 6.07 Å². The van der Waals surface area contributed by atoms with Crippen LogP contribution in [0.25, 0.3) is 10.8 Å². The molecule has 2 N–H and O–H groups in total. The molecular formula is C10H8O7S. The van der Waals surface area contributed by atoms with Crippen LogP contribution in [-0.4, -0.2) is 18.1 Å². The lowest BCUT2D eigenvalue weighted by molar-refractivity contribution is -0.411. The van der Waals surface area contributed by atoms with E-state index in [1.54, 1.807) is 30.3 Å². The lowest BCUT2D eigenvalue weighted by atomic mass is 10.1. The normalized spacial score (nSPS) is 11.6. The molecule has 0 bridgehead atoms. The van der Waals surface area contributed by atoms with Gasteiger partial charge in [0.2, 0.25) is 5.75 Å². The average Bonchev–Trinajstić information content (AvgIpc) is 2.31. The lowest BCUT2D eigenvalue weighted by Gasteiger charge is -2.07. The smallest absolute Gasteiger partial charge is 0.427 e. The number of phenols is 1. The van der Waals surface area contributed by atoms with Gasteiger partial charge in [-0.1, -0.05) is 30.3 Å². The Hall–Kier alpha value is -1.87. The Morgan fingerprint density at radius 3 is 2.50 bits per heavy atom. The molecule has 0 unspecified atom stereocenters. The van der Waals surface area contributed by atoms with E-state index < -0.39 is 10.4 Å². The SMILES string of the molecule is O=S(=O)(O)OOOc1c(O)ccc2ccccc12. The molecule has 2 aromatic carbocycles. The zero-order valence-electron chi connectivity index (χ0n) is 8.81. The van der Waals surface area contributed by atoms with E-state index in [-0.39, 0.29) is 11.5 Å². The molecule has 2 aromatic rings. The standard InChI is InChI=1S/C10H8O7S/c11-9-6-5-7-3-1-2-4-8(7)10(9)15-16-17-18(12,13)14/h1-6,11H,(H,12,13,14). The van der Waals surface area contributed by atoms with E-state index in [2.05, 4.69) is 14.3 Å². The van der Waals surface area contributed by atoms with Crippen LogP contribution in [0, 0.1) is 0 Å². The van der Waals surface area contributed by atoms with Gasteiger partial charge < -0.3 is 9.99 Å². The molecule has 7 nitrogen and oxygen atoms in total. The Morgan fingerprint density at radius 2 is 1.78 bits per heavy atom. The van der Waals surface area contributed by atoms with Gasteiger partial charge in [-0.05, 0) is 15.8 Å². The predicted molar refractivity (Wildman–Crippen MR) is 60.0 cm³/mol. The van der Waals surface area contributed by atoms with Gasteiger partial charge in [0, 0.05) is 10.4 Å². The molecule has 0 fully saturated rings. The van der Waals surface area contributed by atoms with Crippen LogP contribution in [0.1, 0.15) is 0 Å². The number of hydrogen-bond acceptors (Lipinski definition) is 6. The van der Waals surface area contributed by atoms with Crippen molar-refractivity contribution in [3.8, 4) is 11.5 Å². The summed E-state index contributed by atoms with van der Waals surface area (Å²) in [6.45, 7) is 0. The van der Waals surface area contributed by atoms with E-state index >= 15 is 0 Å². The maximum absolute atomic E-state index is 10.2. The van der Waals surface area contributed by atoms with Crippen molar-refractivity contribution in [3.05, 3.63) is 36.4 Å². The summed E-state index contributed by atoms with van der Waals surface area (Å²) in [6, 6.07) is 9.83. The van der Waals surface area contributed by atoms with Crippen LogP contribution in [0.5, 0.6) is 11.5 Å². The van der Waals surface area contributed by atoms with E-state index in [1.807, 2.05) is 0 Å². The highest BCUT2D eigenvalue weighted by Gasteiger charge is 2.12. The van der Waals surface area contributed by atoms with Crippen molar-refractivity contribution >= 4 is 21.2 Å². The molecule has 0 aliphatic carbocycles. The third kappa shape index (κ3) is 2.87. The Bertz CT molecular complexity index is 665. The van der Waals surface area contributed by atoms with Gasteiger partial charge in [-0.2, -0.15) is 8.42 Å². The van der Waals surface area contributed by atoms with Crippen LogP contribution < -0.4 is 4.89 Å². The maximum Gasteiger partial charge on any atom is 0.427 e. The topological polar surface area (TPSA) is 102 Å². The summed E-state index contributed by atoms with van der Waals surface area (Å²) in [4.78, 5) is 4.51. The first-order chi connectivity index (χ1) is 8.47. The van der Waals surface area contributed by atoms with Crippen molar-refractivity contribution < 1.29 is 32.3 Å². The second kappa shape index (κ2) is 4.78. The fourth-order valence-corrected chi connectivity index (χ4v) is 1.50. The van der Waals surface area contributed by atoms with Crippen LogP contribution in [0.3, 0.4) is 0 Å². The lowest BCUT2D eigenvalue weighted by Crippen LogP contribution is -2.07. The molecule has 0 aromatic heterocycles. The fourth-order valence-electron chi connectivity index (χ4n) is 1.40. The summed E-state index contributed by atoms with van der Waals surface area (Å²) < 4.78 is 32.3. The summed E-state index contributed by atoms with van der Waals surface area (Å²) in [5.74, 6) is -0.399. The Kier molecular flexibility index (Phi) is 3.34. The van der Waals surface area contributed by atoms with Crippen LogP contribution in [-0.2, 0) is 19.8 Å². The minimum atomic E-state index is -4.79. The van der Waals surface area contributed by atoms with Gasteiger partial charge in [-0.15, -0.1) is 0 Å². The van der Waals surface area contributed by atoms with Crippen molar-refractivity contribution in [2.45, 2.75) is 0 Å². The van der Waals surface area contributed by atoms with Gasteiger partial charge >= 0.3 is 10.4 Å². The van der Waals surface area contributed by atoms with Gasteiger partial charge in [-0.25, -0.2) is 0 Å². The number of fused-ring (bicyclic) bond motifs is 1. The minimum absolute atomic E-state index is 0.128. The molecule has 0 aliphatic heterocycles.